The Morgan fingerprint density at radius 2 is 1.96 bits per heavy atom. The number of hydrogen-bond donors (Lipinski definition) is 1. The van der Waals surface area contributed by atoms with Crippen LogP contribution in [0.4, 0.5) is 4.79 Å². The van der Waals surface area contributed by atoms with Crippen LogP contribution in [0.3, 0.4) is 0 Å². The number of aliphatic imine (C=N–C) groups is 1. The lowest BCUT2D eigenvalue weighted by molar-refractivity contribution is 0.0914. The van der Waals surface area contributed by atoms with Gasteiger partial charge in [-0.15, -0.1) is 35.3 Å². The van der Waals surface area contributed by atoms with Gasteiger partial charge in [0.05, 0.1) is 17.3 Å². The Kier molecular flexibility index (Phi) is 11.0. The van der Waals surface area contributed by atoms with Gasteiger partial charge in [-0.1, -0.05) is 13.8 Å². The van der Waals surface area contributed by atoms with E-state index in [1.165, 1.54) is 5.01 Å². The maximum absolute atomic E-state index is 11.8. The quantitative estimate of drug-likeness (QED) is 0.363. The molecule has 27 heavy (non-hydrogen) atoms. The summed E-state index contributed by atoms with van der Waals surface area (Å²) in [6.07, 6.45) is 0.625. The van der Waals surface area contributed by atoms with Crippen LogP contribution in [0.25, 0.3) is 0 Å². The smallest absolute Gasteiger partial charge is 0.409 e. The molecule has 1 saturated heterocycles. The van der Waals surface area contributed by atoms with Crippen molar-refractivity contribution in [1.82, 2.24) is 20.1 Å². The number of rotatable bonds is 6. The zero-order valence-corrected chi connectivity index (χ0v) is 19.9. The fourth-order valence-corrected chi connectivity index (χ4v) is 3.59. The summed E-state index contributed by atoms with van der Waals surface area (Å²) in [6, 6.07) is 0. The fraction of sp³-hybridized carbons (Fsp3) is 0.722. The van der Waals surface area contributed by atoms with E-state index in [1.807, 2.05) is 6.92 Å². The van der Waals surface area contributed by atoms with E-state index in [0.717, 1.165) is 37.7 Å². The van der Waals surface area contributed by atoms with Gasteiger partial charge < -0.3 is 19.9 Å². The molecule has 0 saturated carbocycles. The third-order valence-corrected chi connectivity index (χ3v) is 5.33. The SMILES string of the molecule is CCNC(=NCCc1csc(C(C)C)n1)N1CCN(C(=O)OCC)CC1.I. The third-order valence-electron chi connectivity index (χ3n) is 4.13. The number of thiazole rings is 1. The number of nitrogens with one attached hydrogen (secondary N) is 1. The minimum Gasteiger partial charge on any atom is -0.450 e. The lowest BCUT2D eigenvalue weighted by atomic mass is 10.2. The number of aromatic nitrogens is 1. The normalized spacial score (nSPS) is 14.9. The Bertz CT molecular complexity index is 600. The molecule has 0 bridgehead atoms. The van der Waals surface area contributed by atoms with Gasteiger partial charge in [-0.25, -0.2) is 9.78 Å². The van der Waals surface area contributed by atoms with Crippen molar-refractivity contribution in [1.29, 1.82) is 0 Å². The molecule has 1 aliphatic heterocycles. The second-order valence-electron chi connectivity index (χ2n) is 6.49. The van der Waals surface area contributed by atoms with Gasteiger partial charge >= 0.3 is 6.09 Å². The molecule has 1 aromatic heterocycles. The first-order valence-electron chi connectivity index (χ1n) is 9.44. The molecule has 1 aliphatic rings. The number of hydrogen-bond acceptors (Lipinski definition) is 5. The van der Waals surface area contributed by atoms with Crippen LogP contribution in [0.15, 0.2) is 10.4 Å². The number of halogens is 1. The van der Waals surface area contributed by atoms with Crippen LogP contribution in [0.1, 0.15) is 44.3 Å². The van der Waals surface area contributed by atoms with Crippen LogP contribution in [-0.4, -0.2) is 72.7 Å². The van der Waals surface area contributed by atoms with Crippen molar-refractivity contribution in [2.24, 2.45) is 4.99 Å². The lowest BCUT2D eigenvalue weighted by Gasteiger charge is -2.35. The molecule has 0 aliphatic carbocycles. The van der Waals surface area contributed by atoms with Crippen molar-refractivity contribution in [2.45, 2.75) is 40.0 Å². The first kappa shape index (κ1) is 23.9. The van der Waals surface area contributed by atoms with E-state index >= 15 is 0 Å². The largest absolute Gasteiger partial charge is 0.450 e. The molecule has 0 aromatic carbocycles. The summed E-state index contributed by atoms with van der Waals surface area (Å²) in [5, 5.41) is 6.68. The third kappa shape index (κ3) is 7.44. The average Bonchev–Trinajstić information content (AvgIpc) is 3.11. The Balaban J connectivity index is 0.00000364. The molecule has 0 radical (unpaired) electrons. The molecule has 2 heterocycles. The summed E-state index contributed by atoms with van der Waals surface area (Å²) in [4.78, 5) is 25.2. The second kappa shape index (κ2) is 12.4. The van der Waals surface area contributed by atoms with Gasteiger partial charge in [-0.2, -0.15) is 0 Å². The van der Waals surface area contributed by atoms with Gasteiger partial charge in [0.15, 0.2) is 5.96 Å². The van der Waals surface area contributed by atoms with Crippen LogP contribution in [0.2, 0.25) is 0 Å². The van der Waals surface area contributed by atoms with E-state index < -0.39 is 0 Å². The molecule has 0 unspecified atom stereocenters. The Hall–Kier alpha value is -1.10. The molecule has 1 amide bonds. The molecule has 0 spiro atoms. The van der Waals surface area contributed by atoms with Crippen molar-refractivity contribution >= 4 is 47.4 Å². The Labute approximate surface area is 183 Å². The summed E-state index contributed by atoms with van der Waals surface area (Å²) in [5.41, 5.74) is 1.12. The van der Waals surface area contributed by atoms with Crippen molar-refractivity contribution in [3.05, 3.63) is 16.1 Å². The number of piperazine rings is 1. The predicted molar refractivity (Wildman–Crippen MR) is 121 cm³/mol. The van der Waals surface area contributed by atoms with E-state index in [2.05, 4.69) is 41.4 Å². The van der Waals surface area contributed by atoms with Crippen molar-refractivity contribution in [3.8, 4) is 0 Å². The molecule has 7 nitrogen and oxygen atoms in total. The molecular formula is C18H32IN5O2S. The Morgan fingerprint density at radius 1 is 1.30 bits per heavy atom. The zero-order valence-electron chi connectivity index (χ0n) is 16.7. The summed E-state index contributed by atoms with van der Waals surface area (Å²) in [7, 11) is 0. The van der Waals surface area contributed by atoms with Gasteiger partial charge in [0.1, 0.15) is 0 Å². The van der Waals surface area contributed by atoms with Gasteiger partial charge in [0.25, 0.3) is 0 Å². The topological polar surface area (TPSA) is 70.1 Å². The van der Waals surface area contributed by atoms with Crippen molar-refractivity contribution < 1.29 is 9.53 Å². The number of carbonyl (C=O) groups is 1. The molecule has 9 heteroatoms. The minimum absolute atomic E-state index is 0. The summed E-state index contributed by atoms with van der Waals surface area (Å²) in [5.74, 6) is 1.39. The minimum atomic E-state index is -0.224. The molecular weight excluding hydrogens is 477 g/mol. The molecule has 154 valence electrons. The monoisotopic (exact) mass is 509 g/mol. The average molecular weight is 509 g/mol. The molecule has 1 fully saturated rings. The number of carbonyl (C=O) groups excluding carboxylic acids is 1. The zero-order chi connectivity index (χ0) is 18.9. The Morgan fingerprint density at radius 3 is 2.52 bits per heavy atom. The van der Waals surface area contributed by atoms with E-state index in [-0.39, 0.29) is 30.1 Å². The highest BCUT2D eigenvalue weighted by Crippen LogP contribution is 2.19. The maximum Gasteiger partial charge on any atom is 0.409 e. The highest BCUT2D eigenvalue weighted by Gasteiger charge is 2.23. The van der Waals surface area contributed by atoms with Crippen molar-refractivity contribution in [3.63, 3.8) is 0 Å². The van der Waals surface area contributed by atoms with Crippen LogP contribution in [-0.2, 0) is 11.2 Å². The first-order chi connectivity index (χ1) is 12.5. The van der Waals surface area contributed by atoms with Crippen LogP contribution >= 0.6 is 35.3 Å². The molecule has 0 atom stereocenters. The maximum atomic E-state index is 11.8. The van der Waals surface area contributed by atoms with E-state index in [9.17, 15) is 4.79 Å². The van der Waals surface area contributed by atoms with E-state index in [4.69, 9.17) is 9.73 Å². The number of nitrogens with zero attached hydrogens (tertiary/aromatic N) is 4. The van der Waals surface area contributed by atoms with E-state index in [0.29, 0.717) is 32.2 Å². The second-order valence-corrected chi connectivity index (χ2v) is 7.38. The lowest BCUT2D eigenvalue weighted by Crippen LogP contribution is -2.54. The molecule has 1 aromatic rings. The van der Waals surface area contributed by atoms with Crippen LogP contribution < -0.4 is 5.32 Å². The summed E-state index contributed by atoms with van der Waals surface area (Å²) in [6.45, 7) is 13.0. The summed E-state index contributed by atoms with van der Waals surface area (Å²) < 4.78 is 5.07. The van der Waals surface area contributed by atoms with Gasteiger partial charge in [-0.05, 0) is 13.8 Å². The number of amides is 1. The fourth-order valence-electron chi connectivity index (χ4n) is 2.72. The highest BCUT2D eigenvalue weighted by atomic mass is 127. The number of ether oxygens (including phenoxy) is 1. The van der Waals surface area contributed by atoms with Crippen LogP contribution in [0, 0.1) is 0 Å². The molecule has 1 N–H and O–H groups in total. The number of guanidine groups is 1. The summed E-state index contributed by atoms with van der Waals surface area (Å²) >= 11 is 1.73. The van der Waals surface area contributed by atoms with Gasteiger partial charge in [0.2, 0.25) is 0 Å². The highest BCUT2D eigenvalue weighted by molar-refractivity contribution is 14.0. The van der Waals surface area contributed by atoms with Crippen LogP contribution in [0.5, 0.6) is 0 Å². The predicted octanol–water partition coefficient (Wildman–Crippen LogP) is 3.17. The first-order valence-corrected chi connectivity index (χ1v) is 10.3. The van der Waals surface area contributed by atoms with Gasteiger partial charge in [0, 0.05) is 57.0 Å². The molecule has 2 rings (SSSR count). The van der Waals surface area contributed by atoms with E-state index in [1.54, 1.807) is 16.2 Å². The van der Waals surface area contributed by atoms with Gasteiger partial charge in [-0.3, -0.25) is 4.99 Å². The van der Waals surface area contributed by atoms with Crippen molar-refractivity contribution in [2.75, 3.05) is 45.9 Å². The standard InChI is InChI=1S/C18H31N5O2S.HI/c1-5-19-17(20-8-7-15-13-26-16(21-15)14(3)4)22-9-11-23(12-10-22)18(24)25-6-2;/h13-14H,5-12H2,1-4H3,(H,19,20);1H.